The van der Waals surface area contributed by atoms with Gasteiger partial charge in [0, 0.05) is 29.9 Å². The Hall–Kier alpha value is -2.73. The number of furan rings is 1. The lowest BCUT2D eigenvalue weighted by molar-refractivity contribution is 0.0972. The predicted molar refractivity (Wildman–Crippen MR) is 96.1 cm³/mol. The maximum atomic E-state index is 12.5. The summed E-state index contributed by atoms with van der Waals surface area (Å²) in [6, 6.07) is 11.3. The summed E-state index contributed by atoms with van der Waals surface area (Å²) in [5.41, 5.74) is 2.07. The van der Waals surface area contributed by atoms with Gasteiger partial charge in [-0.25, -0.2) is 4.79 Å². The summed E-state index contributed by atoms with van der Waals surface area (Å²) in [6.45, 7) is 1.09. The van der Waals surface area contributed by atoms with Crippen LogP contribution in [0.3, 0.4) is 0 Å². The quantitative estimate of drug-likeness (QED) is 0.748. The Kier molecular flexibility index (Phi) is 3.97. The fourth-order valence-corrected chi connectivity index (χ4v) is 3.28. The van der Waals surface area contributed by atoms with E-state index >= 15 is 0 Å². The highest BCUT2D eigenvalue weighted by atomic mass is 16.5. The lowest BCUT2D eigenvalue weighted by Crippen LogP contribution is -2.42. The van der Waals surface area contributed by atoms with E-state index in [2.05, 4.69) is 5.32 Å². The van der Waals surface area contributed by atoms with Crippen molar-refractivity contribution in [2.45, 2.75) is 18.9 Å². The Morgan fingerprint density at radius 3 is 2.72 bits per heavy atom. The van der Waals surface area contributed by atoms with Crippen LogP contribution in [-0.4, -0.2) is 42.3 Å². The number of aliphatic hydroxyl groups is 1. The third-order valence-electron chi connectivity index (χ3n) is 4.69. The van der Waals surface area contributed by atoms with Crippen molar-refractivity contribution in [3.05, 3.63) is 36.4 Å². The molecule has 6 nitrogen and oxygen atoms in total. The van der Waals surface area contributed by atoms with E-state index in [4.69, 9.17) is 9.15 Å². The normalized spacial score (nSPS) is 15.7. The van der Waals surface area contributed by atoms with Gasteiger partial charge in [-0.3, -0.25) is 0 Å². The maximum Gasteiger partial charge on any atom is 0.321 e. The summed E-state index contributed by atoms with van der Waals surface area (Å²) in [5.74, 6) is 0.587. The average molecular weight is 340 g/mol. The van der Waals surface area contributed by atoms with E-state index in [0.717, 1.165) is 16.4 Å². The maximum absolute atomic E-state index is 12.5. The SMILES string of the molecule is COc1cc2c(cc1NC(=O)N1CCC(O)CC1)oc1ccccc12. The van der Waals surface area contributed by atoms with Gasteiger partial charge in [-0.2, -0.15) is 0 Å². The van der Waals surface area contributed by atoms with Crippen LogP contribution in [0, 0.1) is 0 Å². The van der Waals surface area contributed by atoms with Crippen molar-refractivity contribution in [1.29, 1.82) is 0 Å². The highest BCUT2D eigenvalue weighted by Gasteiger charge is 2.22. The number of piperidine rings is 1. The topological polar surface area (TPSA) is 74.9 Å². The number of benzene rings is 2. The molecule has 130 valence electrons. The van der Waals surface area contributed by atoms with Crippen LogP contribution in [0.5, 0.6) is 5.75 Å². The number of likely N-dealkylation sites (tertiary alicyclic amines) is 1. The summed E-state index contributed by atoms with van der Waals surface area (Å²) in [6.07, 6.45) is 0.894. The van der Waals surface area contributed by atoms with E-state index in [0.29, 0.717) is 43.0 Å². The van der Waals surface area contributed by atoms with Crippen LogP contribution >= 0.6 is 0 Å². The van der Waals surface area contributed by atoms with E-state index in [1.165, 1.54) is 0 Å². The molecule has 4 rings (SSSR count). The first-order valence-corrected chi connectivity index (χ1v) is 8.39. The van der Waals surface area contributed by atoms with Gasteiger partial charge in [0.1, 0.15) is 16.9 Å². The molecule has 0 radical (unpaired) electrons. The van der Waals surface area contributed by atoms with E-state index in [1.807, 2.05) is 30.3 Å². The van der Waals surface area contributed by atoms with Crippen LogP contribution in [0.4, 0.5) is 10.5 Å². The monoisotopic (exact) mass is 340 g/mol. The van der Waals surface area contributed by atoms with Crippen molar-refractivity contribution < 1.29 is 19.1 Å². The lowest BCUT2D eigenvalue weighted by Gasteiger charge is -2.29. The van der Waals surface area contributed by atoms with E-state index in [1.54, 1.807) is 18.1 Å². The minimum atomic E-state index is -0.314. The van der Waals surface area contributed by atoms with Crippen LogP contribution < -0.4 is 10.1 Å². The third-order valence-corrected chi connectivity index (χ3v) is 4.69. The largest absolute Gasteiger partial charge is 0.495 e. The van der Waals surface area contributed by atoms with Gasteiger partial charge >= 0.3 is 6.03 Å². The highest BCUT2D eigenvalue weighted by molar-refractivity contribution is 6.07. The Morgan fingerprint density at radius 1 is 1.20 bits per heavy atom. The zero-order chi connectivity index (χ0) is 17.4. The van der Waals surface area contributed by atoms with Gasteiger partial charge in [0.25, 0.3) is 0 Å². The second-order valence-electron chi connectivity index (χ2n) is 6.30. The number of carbonyl (C=O) groups is 1. The zero-order valence-electron chi connectivity index (χ0n) is 14.0. The molecule has 1 aromatic heterocycles. The van der Waals surface area contributed by atoms with E-state index in [9.17, 15) is 9.90 Å². The second kappa shape index (κ2) is 6.29. The standard InChI is InChI=1S/C19H20N2O4/c1-24-18-10-14-13-4-2-3-5-16(13)25-17(14)11-15(18)20-19(23)21-8-6-12(22)7-9-21/h2-5,10-12,22H,6-9H2,1H3,(H,20,23). The molecule has 6 heteroatoms. The molecule has 0 spiro atoms. The number of urea groups is 1. The molecule has 0 aliphatic carbocycles. The van der Waals surface area contributed by atoms with Crippen LogP contribution in [0.1, 0.15) is 12.8 Å². The number of hydrogen-bond donors (Lipinski definition) is 2. The Balaban J connectivity index is 1.66. The number of nitrogens with one attached hydrogen (secondary N) is 1. The molecule has 2 N–H and O–H groups in total. The molecule has 1 fully saturated rings. The fourth-order valence-electron chi connectivity index (χ4n) is 3.28. The van der Waals surface area contributed by atoms with Gasteiger partial charge in [-0.15, -0.1) is 0 Å². The van der Waals surface area contributed by atoms with Crippen molar-refractivity contribution in [2.75, 3.05) is 25.5 Å². The molecule has 1 aliphatic heterocycles. The van der Waals surface area contributed by atoms with Crippen molar-refractivity contribution in [3.63, 3.8) is 0 Å². The Labute approximate surface area is 145 Å². The van der Waals surface area contributed by atoms with Gasteiger partial charge in [-0.05, 0) is 25.0 Å². The average Bonchev–Trinajstić information content (AvgIpc) is 2.99. The van der Waals surface area contributed by atoms with Crippen molar-refractivity contribution in [1.82, 2.24) is 4.90 Å². The molecule has 25 heavy (non-hydrogen) atoms. The van der Waals surface area contributed by atoms with Crippen molar-refractivity contribution >= 4 is 33.7 Å². The lowest BCUT2D eigenvalue weighted by atomic mass is 10.1. The van der Waals surface area contributed by atoms with Gasteiger partial charge in [0.15, 0.2) is 0 Å². The summed E-state index contributed by atoms with van der Waals surface area (Å²) >= 11 is 0. The molecule has 1 saturated heterocycles. The molecule has 1 aliphatic rings. The molecule has 3 aromatic rings. The molecule has 2 heterocycles. The molecule has 0 bridgehead atoms. The number of hydrogen-bond acceptors (Lipinski definition) is 4. The molecular weight excluding hydrogens is 320 g/mol. The van der Waals surface area contributed by atoms with E-state index < -0.39 is 0 Å². The molecule has 2 amide bonds. The van der Waals surface area contributed by atoms with Gasteiger partial charge in [0.05, 0.1) is 18.9 Å². The number of carbonyl (C=O) groups excluding carboxylic acids is 1. The second-order valence-corrected chi connectivity index (χ2v) is 6.30. The first-order chi connectivity index (χ1) is 12.2. The summed E-state index contributed by atoms with van der Waals surface area (Å²) < 4.78 is 11.3. The number of methoxy groups -OCH3 is 1. The number of amides is 2. The Bertz CT molecular complexity index is 926. The summed E-state index contributed by atoms with van der Waals surface area (Å²) in [5, 5.41) is 14.4. The third kappa shape index (κ3) is 2.89. The molecule has 0 atom stereocenters. The number of rotatable bonds is 2. The summed E-state index contributed by atoms with van der Waals surface area (Å²) in [7, 11) is 1.58. The molecule has 0 saturated carbocycles. The number of ether oxygens (including phenoxy) is 1. The van der Waals surface area contributed by atoms with Crippen molar-refractivity contribution in [3.8, 4) is 5.75 Å². The first kappa shape index (κ1) is 15.8. The van der Waals surface area contributed by atoms with Gasteiger partial charge in [0.2, 0.25) is 0 Å². The van der Waals surface area contributed by atoms with Crippen LogP contribution in [0.2, 0.25) is 0 Å². The molecule has 0 unspecified atom stereocenters. The smallest absolute Gasteiger partial charge is 0.321 e. The first-order valence-electron chi connectivity index (χ1n) is 8.39. The summed E-state index contributed by atoms with van der Waals surface area (Å²) in [4.78, 5) is 14.2. The molecule has 2 aromatic carbocycles. The van der Waals surface area contributed by atoms with E-state index in [-0.39, 0.29) is 12.1 Å². The highest BCUT2D eigenvalue weighted by Crippen LogP contribution is 2.36. The fraction of sp³-hybridized carbons (Fsp3) is 0.316. The number of para-hydroxylation sites is 1. The van der Waals surface area contributed by atoms with Crippen LogP contribution in [-0.2, 0) is 0 Å². The van der Waals surface area contributed by atoms with Crippen LogP contribution in [0.25, 0.3) is 21.9 Å². The van der Waals surface area contributed by atoms with Gasteiger partial charge < -0.3 is 24.5 Å². The van der Waals surface area contributed by atoms with Crippen LogP contribution in [0.15, 0.2) is 40.8 Å². The zero-order valence-corrected chi connectivity index (χ0v) is 14.0. The number of anilines is 1. The van der Waals surface area contributed by atoms with Gasteiger partial charge in [-0.1, -0.05) is 18.2 Å². The number of nitrogens with zero attached hydrogens (tertiary/aromatic N) is 1. The predicted octanol–water partition coefficient (Wildman–Crippen LogP) is 3.58. The van der Waals surface area contributed by atoms with Crippen molar-refractivity contribution in [2.24, 2.45) is 0 Å². The minimum Gasteiger partial charge on any atom is -0.495 e. The number of fused-ring (bicyclic) bond motifs is 3. The number of aliphatic hydroxyl groups excluding tert-OH is 1. The minimum absolute atomic E-state index is 0.194. The Morgan fingerprint density at radius 2 is 1.96 bits per heavy atom. The molecular formula is C19H20N2O4.